The monoisotopic (exact) mass is 294 g/mol. The Labute approximate surface area is 124 Å². The molecule has 1 aromatic carbocycles. The molecular weight excluding hydrogens is 276 g/mol. The van der Waals surface area contributed by atoms with Gasteiger partial charge in [0.25, 0.3) is 0 Å². The number of aromatic nitrogens is 1. The lowest BCUT2D eigenvalue weighted by Crippen LogP contribution is -2.17. The number of rotatable bonds is 6. The standard InChI is InChI=1S/C15H19ClN2S/c1-3-4-15-17-14(11-19-15)10-18(2)9-12-5-7-13(16)8-6-12/h5-8,11H,3-4,9-10H2,1-2H3. The quantitative estimate of drug-likeness (QED) is 0.786. The van der Waals surface area contributed by atoms with Crippen molar-refractivity contribution in [3.63, 3.8) is 0 Å². The van der Waals surface area contributed by atoms with E-state index in [1.165, 1.54) is 16.3 Å². The van der Waals surface area contributed by atoms with E-state index < -0.39 is 0 Å². The molecule has 2 aromatic rings. The maximum atomic E-state index is 5.89. The van der Waals surface area contributed by atoms with Gasteiger partial charge < -0.3 is 0 Å². The van der Waals surface area contributed by atoms with E-state index in [1.807, 2.05) is 12.1 Å². The van der Waals surface area contributed by atoms with Crippen LogP contribution < -0.4 is 0 Å². The highest BCUT2D eigenvalue weighted by Gasteiger charge is 2.06. The Kier molecular flexibility index (Phi) is 5.37. The molecule has 0 radical (unpaired) electrons. The first-order valence-electron chi connectivity index (χ1n) is 6.53. The molecule has 0 unspecified atom stereocenters. The molecule has 1 heterocycles. The second kappa shape index (κ2) is 7.04. The van der Waals surface area contributed by atoms with E-state index in [2.05, 4.69) is 41.4 Å². The Hall–Kier alpha value is -0.900. The molecule has 2 nitrogen and oxygen atoms in total. The summed E-state index contributed by atoms with van der Waals surface area (Å²) in [7, 11) is 2.12. The highest BCUT2D eigenvalue weighted by Crippen LogP contribution is 2.15. The highest BCUT2D eigenvalue weighted by atomic mass is 35.5. The van der Waals surface area contributed by atoms with Crippen molar-refractivity contribution >= 4 is 22.9 Å². The van der Waals surface area contributed by atoms with Crippen LogP contribution in [-0.2, 0) is 19.5 Å². The molecule has 0 saturated carbocycles. The number of aryl methyl sites for hydroxylation is 1. The summed E-state index contributed by atoms with van der Waals surface area (Å²) in [4.78, 5) is 6.92. The predicted molar refractivity (Wildman–Crippen MR) is 82.7 cm³/mol. The molecule has 2 rings (SSSR count). The van der Waals surface area contributed by atoms with Crippen molar-refractivity contribution in [3.05, 3.63) is 50.9 Å². The van der Waals surface area contributed by atoms with E-state index in [1.54, 1.807) is 11.3 Å². The first kappa shape index (κ1) is 14.5. The molecule has 0 atom stereocenters. The van der Waals surface area contributed by atoms with E-state index in [4.69, 9.17) is 11.6 Å². The van der Waals surface area contributed by atoms with Gasteiger partial charge in [-0.1, -0.05) is 30.7 Å². The number of thiazole rings is 1. The van der Waals surface area contributed by atoms with Crippen molar-refractivity contribution < 1.29 is 0 Å². The van der Waals surface area contributed by atoms with Crippen LogP contribution in [0.1, 0.15) is 29.6 Å². The normalized spacial score (nSPS) is 11.2. The van der Waals surface area contributed by atoms with Gasteiger partial charge in [0.05, 0.1) is 10.7 Å². The van der Waals surface area contributed by atoms with E-state index in [-0.39, 0.29) is 0 Å². The van der Waals surface area contributed by atoms with Crippen molar-refractivity contribution in [2.24, 2.45) is 0 Å². The smallest absolute Gasteiger partial charge is 0.0928 e. The number of hydrogen-bond donors (Lipinski definition) is 0. The molecule has 19 heavy (non-hydrogen) atoms. The maximum absolute atomic E-state index is 5.89. The zero-order valence-corrected chi connectivity index (χ0v) is 13.0. The summed E-state index contributed by atoms with van der Waals surface area (Å²) >= 11 is 7.66. The van der Waals surface area contributed by atoms with Gasteiger partial charge >= 0.3 is 0 Å². The molecule has 0 aliphatic rings. The van der Waals surface area contributed by atoms with E-state index in [9.17, 15) is 0 Å². The molecule has 0 N–H and O–H groups in total. The molecule has 4 heteroatoms. The molecule has 0 fully saturated rings. The average Bonchev–Trinajstić information content (AvgIpc) is 2.80. The largest absolute Gasteiger partial charge is 0.296 e. The number of halogens is 1. The van der Waals surface area contributed by atoms with E-state index >= 15 is 0 Å². The van der Waals surface area contributed by atoms with Crippen LogP contribution in [0.5, 0.6) is 0 Å². The van der Waals surface area contributed by atoms with Gasteiger partial charge in [-0.25, -0.2) is 4.98 Å². The summed E-state index contributed by atoms with van der Waals surface area (Å²) in [6.07, 6.45) is 2.25. The van der Waals surface area contributed by atoms with Gasteiger partial charge in [0, 0.05) is 23.5 Å². The van der Waals surface area contributed by atoms with Crippen LogP contribution in [-0.4, -0.2) is 16.9 Å². The SMILES string of the molecule is CCCc1nc(CN(C)Cc2ccc(Cl)cc2)cs1. The van der Waals surface area contributed by atoms with Crippen LogP contribution in [0.25, 0.3) is 0 Å². The Morgan fingerprint density at radius 3 is 2.63 bits per heavy atom. The molecule has 0 bridgehead atoms. The van der Waals surface area contributed by atoms with Crippen LogP contribution in [0.15, 0.2) is 29.6 Å². The van der Waals surface area contributed by atoms with Gasteiger partial charge in [0.2, 0.25) is 0 Å². The molecule has 1 aromatic heterocycles. The number of nitrogens with zero attached hydrogens (tertiary/aromatic N) is 2. The molecule has 0 saturated heterocycles. The molecule has 0 aliphatic heterocycles. The summed E-state index contributed by atoms with van der Waals surface area (Å²) in [6, 6.07) is 8.02. The van der Waals surface area contributed by atoms with Gasteiger partial charge in [0.15, 0.2) is 0 Å². The van der Waals surface area contributed by atoms with Crippen LogP contribution in [0.3, 0.4) is 0 Å². The van der Waals surface area contributed by atoms with E-state index in [0.29, 0.717) is 0 Å². The van der Waals surface area contributed by atoms with Crippen molar-refractivity contribution in [2.75, 3.05) is 7.05 Å². The first-order chi connectivity index (χ1) is 9.17. The van der Waals surface area contributed by atoms with Gasteiger partial charge in [-0.3, -0.25) is 4.90 Å². The Morgan fingerprint density at radius 1 is 1.21 bits per heavy atom. The molecule has 0 amide bonds. The van der Waals surface area contributed by atoms with Crippen molar-refractivity contribution in [1.29, 1.82) is 0 Å². The third-order valence-corrected chi connectivity index (χ3v) is 4.07. The van der Waals surface area contributed by atoms with Gasteiger partial charge in [0.1, 0.15) is 0 Å². The second-order valence-electron chi connectivity index (χ2n) is 4.78. The lowest BCUT2D eigenvalue weighted by atomic mass is 10.2. The molecule has 0 aliphatic carbocycles. The average molecular weight is 295 g/mol. The Morgan fingerprint density at radius 2 is 1.95 bits per heavy atom. The molecule has 0 spiro atoms. The lowest BCUT2D eigenvalue weighted by molar-refractivity contribution is 0.315. The Balaban J connectivity index is 1.89. The highest BCUT2D eigenvalue weighted by molar-refractivity contribution is 7.09. The topological polar surface area (TPSA) is 16.1 Å². The first-order valence-corrected chi connectivity index (χ1v) is 7.79. The number of benzene rings is 1. The van der Waals surface area contributed by atoms with Crippen molar-refractivity contribution in [1.82, 2.24) is 9.88 Å². The Bertz CT molecular complexity index is 507. The van der Waals surface area contributed by atoms with E-state index in [0.717, 1.165) is 31.0 Å². The van der Waals surface area contributed by atoms with Crippen LogP contribution in [0.4, 0.5) is 0 Å². The fourth-order valence-corrected chi connectivity index (χ4v) is 3.00. The fraction of sp³-hybridized carbons (Fsp3) is 0.400. The lowest BCUT2D eigenvalue weighted by Gasteiger charge is -2.15. The minimum absolute atomic E-state index is 0.787. The fourth-order valence-electron chi connectivity index (χ4n) is 1.98. The zero-order chi connectivity index (χ0) is 13.7. The minimum Gasteiger partial charge on any atom is -0.296 e. The second-order valence-corrected chi connectivity index (χ2v) is 6.16. The minimum atomic E-state index is 0.787. The number of hydrogen-bond acceptors (Lipinski definition) is 3. The van der Waals surface area contributed by atoms with Crippen molar-refractivity contribution in [2.45, 2.75) is 32.9 Å². The van der Waals surface area contributed by atoms with Gasteiger partial charge in [-0.15, -0.1) is 11.3 Å². The van der Waals surface area contributed by atoms with Gasteiger partial charge in [-0.2, -0.15) is 0 Å². The summed E-state index contributed by atoms with van der Waals surface area (Å²) < 4.78 is 0. The predicted octanol–water partition coefficient (Wildman–Crippen LogP) is 4.38. The summed E-state index contributed by atoms with van der Waals surface area (Å²) in [5.74, 6) is 0. The third kappa shape index (κ3) is 4.60. The van der Waals surface area contributed by atoms with Gasteiger partial charge in [-0.05, 0) is 37.6 Å². The molecule has 102 valence electrons. The van der Waals surface area contributed by atoms with Crippen molar-refractivity contribution in [3.8, 4) is 0 Å². The zero-order valence-electron chi connectivity index (χ0n) is 11.4. The third-order valence-electron chi connectivity index (χ3n) is 2.86. The van der Waals surface area contributed by atoms with Crippen LogP contribution in [0.2, 0.25) is 5.02 Å². The van der Waals surface area contributed by atoms with Crippen LogP contribution in [0, 0.1) is 0 Å². The molecular formula is C15H19ClN2S. The summed E-state index contributed by atoms with van der Waals surface area (Å²) in [6.45, 7) is 3.99. The summed E-state index contributed by atoms with van der Waals surface area (Å²) in [5, 5.41) is 4.20. The van der Waals surface area contributed by atoms with Crippen LogP contribution >= 0.6 is 22.9 Å². The maximum Gasteiger partial charge on any atom is 0.0928 e. The summed E-state index contributed by atoms with van der Waals surface area (Å²) in [5.41, 5.74) is 2.45.